The number of methoxy groups -OCH3 is 1. The van der Waals surface area contributed by atoms with Gasteiger partial charge in [0.15, 0.2) is 0 Å². The number of nitrogens with one attached hydrogen (secondary N) is 1. The Morgan fingerprint density at radius 3 is 2.33 bits per heavy atom. The van der Waals surface area contributed by atoms with Gasteiger partial charge in [-0.1, -0.05) is 36.7 Å². The van der Waals surface area contributed by atoms with Crippen molar-refractivity contribution in [1.29, 1.82) is 0 Å². The Kier molecular flexibility index (Phi) is 5.95. The van der Waals surface area contributed by atoms with E-state index >= 15 is 0 Å². The van der Waals surface area contributed by atoms with E-state index in [1.807, 2.05) is 20.8 Å². The number of carbonyl (C=O) groups excluding carboxylic acids is 2. The molecule has 1 rings (SSSR count). The summed E-state index contributed by atoms with van der Waals surface area (Å²) in [6, 6.07) is 2.60. The second-order valence-electron chi connectivity index (χ2n) is 5.63. The molecule has 1 amide bonds. The van der Waals surface area contributed by atoms with E-state index in [-0.39, 0.29) is 11.5 Å². The van der Waals surface area contributed by atoms with Crippen LogP contribution in [0.3, 0.4) is 0 Å². The third kappa shape index (κ3) is 4.52. The summed E-state index contributed by atoms with van der Waals surface area (Å²) in [4.78, 5) is 24.1. The predicted octanol–water partition coefficient (Wildman–Crippen LogP) is 3.31. The quantitative estimate of drug-likeness (QED) is 0.733. The van der Waals surface area contributed by atoms with Gasteiger partial charge >= 0.3 is 5.97 Å². The Labute approximate surface area is 140 Å². The predicted molar refractivity (Wildman–Crippen MR) is 89.2 cm³/mol. The smallest absolute Gasteiger partial charge is 0.340 e. The number of halogens is 2. The van der Waals surface area contributed by atoms with E-state index in [4.69, 9.17) is 10.5 Å². The fraction of sp³-hybridized carbons (Fsp3) is 0.429. The Hall–Kier alpha value is -0.920. The molecule has 3 N–H and O–H groups in total. The summed E-state index contributed by atoms with van der Waals surface area (Å²) in [5.74, 6) is -0.910. The zero-order chi connectivity index (χ0) is 16.4. The van der Waals surface area contributed by atoms with Gasteiger partial charge in [-0.3, -0.25) is 4.79 Å². The number of hydrogen-bond donors (Lipinski definition) is 2. The second-order valence-corrected chi connectivity index (χ2v) is 7.40. The lowest BCUT2D eigenvalue weighted by molar-refractivity contribution is -0.119. The Bertz CT molecular complexity index is 568. The minimum absolute atomic E-state index is 0.244. The van der Waals surface area contributed by atoms with E-state index in [1.54, 1.807) is 12.1 Å². The van der Waals surface area contributed by atoms with E-state index in [0.717, 1.165) is 0 Å². The highest BCUT2D eigenvalue weighted by Gasteiger charge is 2.29. The highest BCUT2D eigenvalue weighted by atomic mass is 79.9. The number of anilines is 1. The van der Waals surface area contributed by atoms with Crippen LogP contribution < -0.4 is 11.1 Å². The van der Waals surface area contributed by atoms with Gasteiger partial charge in [0.2, 0.25) is 5.91 Å². The van der Waals surface area contributed by atoms with Crippen LogP contribution in [0.1, 0.15) is 31.1 Å². The summed E-state index contributed by atoms with van der Waals surface area (Å²) in [6.07, 6.45) is 0. The van der Waals surface area contributed by atoms with Crippen LogP contribution >= 0.6 is 31.9 Å². The molecule has 0 aliphatic carbocycles. The normalized spacial score (nSPS) is 12.7. The van der Waals surface area contributed by atoms with Crippen molar-refractivity contribution >= 4 is 49.4 Å². The summed E-state index contributed by atoms with van der Waals surface area (Å²) in [6.45, 7) is 5.61. The molecule has 21 heavy (non-hydrogen) atoms. The molecule has 0 aliphatic rings. The number of hydrogen-bond acceptors (Lipinski definition) is 4. The zero-order valence-corrected chi connectivity index (χ0v) is 15.5. The fourth-order valence-corrected chi connectivity index (χ4v) is 2.89. The van der Waals surface area contributed by atoms with Crippen LogP contribution in [0, 0.1) is 5.41 Å². The molecule has 7 heteroatoms. The lowest BCUT2D eigenvalue weighted by atomic mass is 9.87. The third-order valence-electron chi connectivity index (χ3n) is 2.92. The van der Waals surface area contributed by atoms with Crippen molar-refractivity contribution in [3.8, 4) is 0 Å². The molecular formula is C14H18Br2N2O3. The summed E-state index contributed by atoms with van der Waals surface area (Å²) < 4.78 is 5.98. The minimum atomic E-state index is -0.710. The molecule has 5 nitrogen and oxygen atoms in total. The van der Waals surface area contributed by atoms with Crippen molar-refractivity contribution in [2.45, 2.75) is 26.8 Å². The van der Waals surface area contributed by atoms with E-state index in [1.165, 1.54) is 7.11 Å². The molecule has 0 saturated heterocycles. The SMILES string of the molecule is COC(=O)c1cc(Br)cc(Br)c1NC(=O)[C@@H](N)C(C)(C)C. The van der Waals surface area contributed by atoms with Gasteiger partial charge in [-0.15, -0.1) is 0 Å². The van der Waals surface area contributed by atoms with Gasteiger partial charge in [0.1, 0.15) is 0 Å². The highest BCUT2D eigenvalue weighted by Crippen LogP contribution is 2.32. The molecule has 0 spiro atoms. The average Bonchev–Trinajstić information content (AvgIpc) is 2.38. The first-order valence-corrected chi connectivity index (χ1v) is 7.80. The number of benzene rings is 1. The maximum Gasteiger partial charge on any atom is 0.340 e. The van der Waals surface area contributed by atoms with Gasteiger partial charge in [0.25, 0.3) is 0 Å². The van der Waals surface area contributed by atoms with Crippen molar-refractivity contribution in [2.24, 2.45) is 11.1 Å². The van der Waals surface area contributed by atoms with Gasteiger partial charge in [-0.2, -0.15) is 0 Å². The van der Waals surface area contributed by atoms with E-state index in [9.17, 15) is 9.59 Å². The maximum atomic E-state index is 12.2. The molecule has 0 bridgehead atoms. The highest BCUT2D eigenvalue weighted by molar-refractivity contribution is 9.11. The van der Waals surface area contributed by atoms with E-state index < -0.39 is 17.4 Å². The molecular weight excluding hydrogens is 404 g/mol. The van der Waals surface area contributed by atoms with Gasteiger partial charge in [0, 0.05) is 8.95 Å². The average molecular weight is 422 g/mol. The summed E-state index contributed by atoms with van der Waals surface area (Å²) in [5.41, 5.74) is 6.12. The monoisotopic (exact) mass is 420 g/mol. The molecule has 1 aromatic carbocycles. The molecule has 0 saturated carbocycles. The Morgan fingerprint density at radius 2 is 1.86 bits per heavy atom. The van der Waals surface area contributed by atoms with Crippen LogP contribution in [0.4, 0.5) is 5.69 Å². The van der Waals surface area contributed by atoms with Crippen LogP contribution in [0.5, 0.6) is 0 Å². The third-order valence-corrected chi connectivity index (χ3v) is 4.01. The van der Waals surface area contributed by atoms with Crippen LogP contribution in [-0.4, -0.2) is 25.0 Å². The molecule has 0 aromatic heterocycles. The number of rotatable bonds is 3. The summed E-state index contributed by atoms with van der Waals surface area (Å²) in [7, 11) is 1.28. The van der Waals surface area contributed by atoms with Crippen molar-refractivity contribution in [3.63, 3.8) is 0 Å². The molecule has 1 atom stereocenters. The molecule has 0 fully saturated rings. The number of esters is 1. The fourth-order valence-electron chi connectivity index (χ4n) is 1.57. The largest absolute Gasteiger partial charge is 0.465 e. The molecule has 0 radical (unpaired) electrons. The molecule has 1 aromatic rings. The lowest BCUT2D eigenvalue weighted by Crippen LogP contribution is -2.45. The Morgan fingerprint density at radius 1 is 1.29 bits per heavy atom. The van der Waals surface area contributed by atoms with Crippen molar-refractivity contribution < 1.29 is 14.3 Å². The van der Waals surface area contributed by atoms with Gasteiger partial charge < -0.3 is 15.8 Å². The summed E-state index contributed by atoms with van der Waals surface area (Å²) >= 11 is 6.63. The molecule has 0 aliphatic heterocycles. The number of amides is 1. The second kappa shape index (κ2) is 6.89. The topological polar surface area (TPSA) is 81.4 Å². The number of nitrogens with two attached hydrogens (primary N) is 1. The zero-order valence-electron chi connectivity index (χ0n) is 12.3. The first-order valence-electron chi connectivity index (χ1n) is 6.21. The van der Waals surface area contributed by atoms with Crippen LogP contribution in [-0.2, 0) is 9.53 Å². The van der Waals surface area contributed by atoms with Crippen molar-refractivity contribution in [3.05, 3.63) is 26.6 Å². The number of carbonyl (C=O) groups is 2. The first-order chi connectivity index (χ1) is 9.57. The summed E-state index contributed by atoms with van der Waals surface area (Å²) in [5, 5.41) is 2.70. The first kappa shape index (κ1) is 18.1. The molecule has 0 heterocycles. The van der Waals surface area contributed by atoms with Gasteiger partial charge in [0.05, 0.1) is 24.4 Å². The van der Waals surface area contributed by atoms with Crippen molar-refractivity contribution in [1.82, 2.24) is 0 Å². The standard InChI is InChI=1S/C14H18Br2N2O3/c1-14(2,3)11(17)12(19)18-10-8(13(20)21-4)5-7(15)6-9(10)16/h5-6,11H,17H2,1-4H3,(H,18,19)/t11-/m1/s1. The molecule has 0 unspecified atom stereocenters. The van der Waals surface area contributed by atoms with Crippen LogP contribution in [0.2, 0.25) is 0 Å². The van der Waals surface area contributed by atoms with Gasteiger partial charge in [-0.05, 0) is 33.5 Å². The van der Waals surface area contributed by atoms with E-state index in [2.05, 4.69) is 37.2 Å². The van der Waals surface area contributed by atoms with Crippen molar-refractivity contribution in [2.75, 3.05) is 12.4 Å². The minimum Gasteiger partial charge on any atom is -0.465 e. The Balaban J connectivity index is 3.19. The lowest BCUT2D eigenvalue weighted by Gasteiger charge is -2.26. The van der Waals surface area contributed by atoms with Crippen LogP contribution in [0.25, 0.3) is 0 Å². The maximum absolute atomic E-state index is 12.2. The van der Waals surface area contributed by atoms with E-state index in [0.29, 0.717) is 14.6 Å². The van der Waals surface area contributed by atoms with Crippen LogP contribution in [0.15, 0.2) is 21.1 Å². The van der Waals surface area contributed by atoms with Gasteiger partial charge in [-0.25, -0.2) is 4.79 Å². The number of ether oxygens (including phenoxy) is 1. The molecule has 116 valence electrons.